The molecule has 0 aromatic heterocycles. The summed E-state index contributed by atoms with van der Waals surface area (Å²) >= 11 is 0. The van der Waals surface area contributed by atoms with Crippen molar-refractivity contribution in [1.29, 1.82) is 0 Å². The van der Waals surface area contributed by atoms with Crippen LogP contribution in [0.5, 0.6) is 0 Å². The summed E-state index contributed by atoms with van der Waals surface area (Å²) in [5.74, 6) is 0. The van der Waals surface area contributed by atoms with E-state index in [9.17, 15) is 0 Å². The normalized spacial score (nSPS) is 7.62. The third kappa shape index (κ3) is 31.9. The van der Waals surface area contributed by atoms with Crippen LogP contribution < -0.4 is 0 Å². The van der Waals surface area contributed by atoms with Crippen molar-refractivity contribution in [2.75, 3.05) is 0 Å². The molecule has 32 heavy (non-hydrogen) atoms. The van der Waals surface area contributed by atoms with E-state index in [2.05, 4.69) is 20.4 Å². The minimum absolute atomic E-state index is 1.07. The van der Waals surface area contributed by atoms with Gasteiger partial charge in [0.25, 0.3) is 0 Å². The summed E-state index contributed by atoms with van der Waals surface area (Å²) in [6.45, 7) is 59.2. The Labute approximate surface area is 213 Å². The third-order valence-electron chi connectivity index (χ3n) is 3.37. The van der Waals surface area contributed by atoms with Crippen molar-refractivity contribution < 1.29 is 0 Å². The molecule has 0 amide bonds. The van der Waals surface area contributed by atoms with E-state index in [1.165, 1.54) is 6.69 Å². The van der Waals surface area contributed by atoms with Crippen molar-refractivity contribution in [3.63, 3.8) is 0 Å². The molecule has 0 rings (SSSR count). The van der Waals surface area contributed by atoms with Crippen molar-refractivity contribution in [2.24, 2.45) is 0 Å². The minimum atomic E-state index is 1.07. The number of hydrogen-bond acceptors (Lipinski definition) is 0. The molecule has 0 aliphatic rings. The van der Waals surface area contributed by atoms with E-state index in [0.29, 0.717) is 0 Å². The second-order valence-corrected chi connectivity index (χ2v) is 6.03. The van der Waals surface area contributed by atoms with E-state index in [4.69, 9.17) is 7.37 Å². The molecule has 0 bridgehead atoms. The van der Waals surface area contributed by atoms with Gasteiger partial charge in [0.1, 0.15) is 0 Å². The van der Waals surface area contributed by atoms with E-state index < -0.39 is 0 Å². The molecule has 103 valence electrons. The molecule has 0 aromatic rings. The molecule has 0 unspecified atom stereocenters. The molecule has 0 heterocycles. The van der Waals surface area contributed by atoms with Crippen molar-refractivity contribution in [3.05, 3.63) is 0 Å². The van der Waals surface area contributed by atoms with Crippen LogP contribution in [0.2, 0.25) is 6.32 Å². The zero-order valence-electron chi connectivity index (χ0n) is 19.0. The van der Waals surface area contributed by atoms with E-state index >= 15 is 0 Å². The summed E-state index contributed by atoms with van der Waals surface area (Å²) in [6, 6.07) is 0. The fourth-order valence-corrected chi connectivity index (χ4v) is 1.88. The van der Waals surface area contributed by atoms with Gasteiger partial charge in [-0.2, -0.15) is 0 Å². The summed E-state index contributed by atoms with van der Waals surface area (Å²) in [5.41, 5.74) is 0. The average molecular weight is 353 g/mol. The zero-order valence-corrected chi connectivity index (χ0v) is 19.0. The predicted molar refractivity (Wildman–Crippen MR) is 183 cm³/mol. The van der Waals surface area contributed by atoms with Crippen LogP contribution >= 0.6 is 0 Å². The van der Waals surface area contributed by atoms with Crippen LogP contribution in [0.1, 0.15) is 6.92 Å². The Morgan fingerprint density at radius 2 is 0.500 bits per heavy atom. The first-order valence-corrected chi connectivity index (χ1v) is 10.8. The topological polar surface area (TPSA) is 0 Å². The molecular weight excluding hydrogens is 348 g/mol. The summed E-state index contributed by atoms with van der Waals surface area (Å²) in [4.78, 5) is 0. The molecule has 0 aromatic carbocycles. The first kappa shape index (κ1) is 33.9. The van der Waals surface area contributed by atoms with Crippen LogP contribution in [0.25, 0.3) is 0 Å². The van der Waals surface area contributed by atoms with Gasteiger partial charge in [0, 0.05) is 0 Å². The summed E-state index contributed by atoms with van der Waals surface area (Å²) in [5, 5.41) is 0. The molecule has 0 nitrogen and oxygen atoms in total. The van der Waals surface area contributed by atoms with Gasteiger partial charge in [0.2, 0.25) is 0 Å². The van der Waals surface area contributed by atoms with Crippen molar-refractivity contribution in [3.8, 4) is 0 Å². The average Bonchev–Trinajstić information content (AvgIpc) is 2.81. The molecular formula is C2H5B30. The van der Waals surface area contributed by atoms with E-state index in [1.54, 1.807) is 6.69 Å². The van der Waals surface area contributed by atoms with Gasteiger partial charge in [-0.15, -0.1) is 0 Å². The van der Waals surface area contributed by atoms with E-state index in [0.717, 1.165) is 6.32 Å². The van der Waals surface area contributed by atoms with E-state index in [1.807, 2.05) is 167 Å². The molecule has 0 aliphatic heterocycles. The Hall–Kier alpha value is 1.95. The van der Waals surface area contributed by atoms with Gasteiger partial charge >= 0.3 is 215 Å². The van der Waals surface area contributed by atoms with Crippen LogP contribution in [0.3, 0.4) is 0 Å². The molecule has 0 aliphatic carbocycles. The molecule has 0 spiro atoms. The Kier molecular flexibility index (Phi) is 35.0. The van der Waals surface area contributed by atoms with Gasteiger partial charge < -0.3 is 0 Å². The summed E-state index contributed by atoms with van der Waals surface area (Å²) in [7, 11) is 5.23. The van der Waals surface area contributed by atoms with Gasteiger partial charge in [0.15, 0.2) is 0 Å². The summed E-state index contributed by atoms with van der Waals surface area (Å²) < 4.78 is 0. The van der Waals surface area contributed by atoms with Crippen molar-refractivity contribution >= 4 is 202 Å². The standard InChI is InChI=1S/C2H5B30/c1-2-4-6-8-10-12-14-16-18-20-22-24-26-28-30-32-31-29-27-25-23-21-19-17-15-13-11-9-7-5-3/h2H2,1H3. The fourth-order valence-electron chi connectivity index (χ4n) is 1.88. The van der Waals surface area contributed by atoms with Gasteiger partial charge in [0.05, 0.1) is 0 Å². The van der Waals surface area contributed by atoms with Crippen LogP contribution in [0.15, 0.2) is 0 Å². The summed E-state index contributed by atoms with van der Waals surface area (Å²) in [6.07, 6.45) is 1.07. The van der Waals surface area contributed by atoms with Gasteiger partial charge in [-0.05, 0) is 0 Å². The molecule has 0 saturated heterocycles. The molecule has 0 N–H and O–H groups in total. The second-order valence-electron chi connectivity index (χ2n) is 6.03. The van der Waals surface area contributed by atoms with Crippen molar-refractivity contribution in [1.82, 2.24) is 0 Å². The number of rotatable bonds is 15. The molecule has 0 atom stereocenters. The first-order valence-electron chi connectivity index (χ1n) is 10.8. The maximum absolute atomic E-state index is 5.23. The Morgan fingerprint density at radius 3 is 0.688 bits per heavy atom. The quantitative estimate of drug-likeness (QED) is 0.257. The number of hydrogen-bond donors (Lipinski definition) is 0. The first-order chi connectivity index (χ1) is 15.9. The van der Waals surface area contributed by atoms with Gasteiger partial charge in [-0.25, -0.2) is 0 Å². The van der Waals surface area contributed by atoms with Crippen molar-refractivity contribution in [2.45, 2.75) is 13.2 Å². The zero-order chi connectivity index (χ0) is 23.2. The Bertz CT molecular complexity index is 872. The molecule has 30 heteroatoms. The van der Waals surface area contributed by atoms with Gasteiger partial charge in [-0.3, -0.25) is 0 Å². The molecule has 0 saturated carbocycles. The SMILES string of the molecule is [B]=BB=BB=BB=BB=BB=BB=BB=BB=BB=BB=BB=BB=BB=BB=BCC. The maximum atomic E-state index is 5.23. The van der Waals surface area contributed by atoms with E-state index in [-0.39, 0.29) is 0 Å². The van der Waals surface area contributed by atoms with Gasteiger partial charge in [-0.1, -0.05) is 0 Å². The van der Waals surface area contributed by atoms with Crippen LogP contribution in [-0.2, 0) is 0 Å². The molecule has 0 fully saturated rings. The third-order valence-corrected chi connectivity index (χ3v) is 3.37. The monoisotopic (exact) mass is 359 g/mol. The fraction of sp³-hybridized carbons (Fsp3) is 1.00. The Morgan fingerprint density at radius 1 is 0.312 bits per heavy atom. The Balaban J connectivity index is 3.97. The molecule has 1 radical (unpaired) electrons. The van der Waals surface area contributed by atoms with Crippen LogP contribution in [0.4, 0.5) is 0 Å². The van der Waals surface area contributed by atoms with Crippen LogP contribution in [-0.4, -0.2) is 202 Å². The predicted octanol–water partition coefficient (Wildman–Crippen LogP) is -10.5. The van der Waals surface area contributed by atoms with Crippen LogP contribution in [0, 0.1) is 0 Å². The second kappa shape index (κ2) is 32.9.